The van der Waals surface area contributed by atoms with E-state index in [4.69, 9.17) is 0 Å². The van der Waals surface area contributed by atoms with E-state index < -0.39 is 22.0 Å². The molecule has 2 amide bonds. The van der Waals surface area contributed by atoms with Crippen molar-refractivity contribution in [2.24, 2.45) is 0 Å². The van der Waals surface area contributed by atoms with Crippen molar-refractivity contribution >= 4 is 33.2 Å². The summed E-state index contributed by atoms with van der Waals surface area (Å²) in [6.45, 7) is 5.36. The van der Waals surface area contributed by atoms with Gasteiger partial charge in [-0.25, -0.2) is 8.42 Å². The Morgan fingerprint density at radius 2 is 1.59 bits per heavy atom. The van der Waals surface area contributed by atoms with E-state index in [1.807, 2.05) is 13.8 Å². The first kappa shape index (κ1) is 22.4. The topological polar surface area (TPSA) is 95.6 Å². The van der Waals surface area contributed by atoms with E-state index in [9.17, 15) is 18.0 Å². The molecule has 2 aromatic rings. The molecule has 2 N–H and O–H groups in total. The lowest BCUT2D eigenvalue weighted by molar-refractivity contribution is -0.116. The van der Waals surface area contributed by atoms with Gasteiger partial charge in [0.25, 0.3) is 5.91 Å². The van der Waals surface area contributed by atoms with Crippen molar-refractivity contribution in [3.8, 4) is 0 Å². The van der Waals surface area contributed by atoms with Gasteiger partial charge in [-0.3, -0.25) is 13.9 Å². The highest BCUT2D eigenvalue weighted by molar-refractivity contribution is 7.92. The zero-order chi connectivity index (χ0) is 21.6. The molecule has 0 unspecified atom stereocenters. The average Bonchev–Trinajstić information content (AvgIpc) is 2.68. The Hall–Kier alpha value is -2.87. The summed E-state index contributed by atoms with van der Waals surface area (Å²) in [5.41, 5.74) is 1.03. The number of hydrogen-bond acceptors (Lipinski definition) is 4. The number of nitrogens with one attached hydrogen (secondary N) is 2. The molecule has 2 rings (SSSR count). The van der Waals surface area contributed by atoms with E-state index >= 15 is 0 Å². The fraction of sp³-hybridized carbons (Fsp3) is 0.333. The molecular weight excluding hydrogens is 390 g/mol. The van der Waals surface area contributed by atoms with Gasteiger partial charge in [-0.1, -0.05) is 37.3 Å². The fourth-order valence-electron chi connectivity index (χ4n) is 2.81. The Labute approximate surface area is 172 Å². The maximum atomic E-state index is 12.9. The van der Waals surface area contributed by atoms with E-state index in [0.29, 0.717) is 16.9 Å². The summed E-state index contributed by atoms with van der Waals surface area (Å²) < 4.78 is 25.7. The number of sulfonamides is 1. The van der Waals surface area contributed by atoms with Crippen molar-refractivity contribution in [1.29, 1.82) is 0 Å². The number of hydrogen-bond donors (Lipinski definition) is 2. The summed E-state index contributed by atoms with van der Waals surface area (Å²) in [5.74, 6) is -0.839. The summed E-state index contributed by atoms with van der Waals surface area (Å²) >= 11 is 0. The molecule has 0 spiro atoms. The van der Waals surface area contributed by atoms with Gasteiger partial charge in [0.15, 0.2) is 0 Å². The van der Waals surface area contributed by atoms with Gasteiger partial charge in [-0.15, -0.1) is 0 Å². The zero-order valence-corrected chi connectivity index (χ0v) is 17.9. The number of amides is 2. The van der Waals surface area contributed by atoms with Crippen LogP contribution in [-0.4, -0.2) is 38.6 Å². The predicted octanol–water partition coefficient (Wildman–Crippen LogP) is 3.01. The molecular formula is C21H27N3O4S. The van der Waals surface area contributed by atoms with Crippen LogP contribution in [0.1, 0.15) is 37.6 Å². The zero-order valence-electron chi connectivity index (χ0n) is 17.0. The van der Waals surface area contributed by atoms with Gasteiger partial charge in [0.1, 0.15) is 6.04 Å². The number of rotatable bonds is 8. The van der Waals surface area contributed by atoms with E-state index in [1.54, 1.807) is 54.6 Å². The van der Waals surface area contributed by atoms with Crippen molar-refractivity contribution in [2.45, 2.75) is 39.3 Å². The summed E-state index contributed by atoms with van der Waals surface area (Å²) in [4.78, 5) is 25.4. The van der Waals surface area contributed by atoms with Crippen LogP contribution < -0.4 is 14.9 Å². The largest absolute Gasteiger partial charge is 0.350 e. The number of nitrogens with zero attached hydrogens (tertiary/aromatic N) is 1. The Bertz CT molecular complexity index is 961. The molecule has 0 aliphatic heterocycles. The molecule has 0 saturated heterocycles. The Morgan fingerprint density at radius 3 is 2.17 bits per heavy atom. The molecule has 0 saturated carbocycles. The lowest BCUT2D eigenvalue weighted by Gasteiger charge is -2.28. The van der Waals surface area contributed by atoms with Gasteiger partial charge in [0.05, 0.1) is 23.2 Å². The van der Waals surface area contributed by atoms with Crippen LogP contribution in [0.15, 0.2) is 54.6 Å². The summed E-state index contributed by atoms with van der Waals surface area (Å²) in [6, 6.07) is 14.0. The molecule has 2 aromatic carbocycles. The van der Waals surface area contributed by atoms with Crippen molar-refractivity contribution in [2.75, 3.05) is 15.9 Å². The number of carbonyl (C=O) groups excluding carboxylic acids is 2. The molecule has 156 valence electrons. The Morgan fingerprint density at radius 1 is 1.00 bits per heavy atom. The van der Waals surface area contributed by atoms with E-state index in [2.05, 4.69) is 10.6 Å². The van der Waals surface area contributed by atoms with Crippen molar-refractivity contribution < 1.29 is 18.0 Å². The van der Waals surface area contributed by atoms with Crippen LogP contribution in [0.5, 0.6) is 0 Å². The van der Waals surface area contributed by atoms with Gasteiger partial charge >= 0.3 is 0 Å². The summed E-state index contributed by atoms with van der Waals surface area (Å²) in [7, 11) is -3.71. The van der Waals surface area contributed by atoms with Crippen molar-refractivity contribution in [1.82, 2.24) is 5.32 Å². The number of anilines is 2. The predicted molar refractivity (Wildman–Crippen MR) is 116 cm³/mol. The van der Waals surface area contributed by atoms with E-state index in [-0.39, 0.29) is 11.9 Å². The first-order valence-electron chi connectivity index (χ1n) is 9.40. The second-order valence-electron chi connectivity index (χ2n) is 6.89. The first-order chi connectivity index (χ1) is 13.6. The van der Waals surface area contributed by atoms with Gasteiger partial charge in [0, 0.05) is 6.04 Å². The monoisotopic (exact) mass is 417 g/mol. The minimum Gasteiger partial charge on any atom is -0.350 e. The Balaban J connectivity index is 2.28. The molecule has 0 bridgehead atoms. The van der Waals surface area contributed by atoms with Crippen LogP contribution in [-0.2, 0) is 14.8 Å². The molecule has 2 atom stereocenters. The quantitative estimate of drug-likeness (QED) is 0.690. The SMILES string of the molecule is CC[C@H](C)NC(=O)c1ccccc1NC(=O)[C@H](C)N(c1ccccc1)S(C)(=O)=O. The highest BCUT2D eigenvalue weighted by Crippen LogP contribution is 2.22. The van der Waals surface area contributed by atoms with E-state index in [1.165, 1.54) is 6.92 Å². The maximum Gasteiger partial charge on any atom is 0.253 e. The summed E-state index contributed by atoms with van der Waals surface area (Å²) in [6.07, 6.45) is 1.83. The molecule has 0 aliphatic carbocycles. The molecule has 8 heteroatoms. The van der Waals surface area contributed by atoms with Gasteiger partial charge < -0.3 is 10.6 Å². The molecule has 7 nitrogen and oxygen atoms in total. The lowest BCUT2D eigenvalue weighted by Crippen LogP contribution is -2.45. The van der Waals surface area contributed by atoms with Crippen LogP contribution >= 0.6 is 0 Å². The van der Waals surface area contributed by atoms with Crippen molar-refractivity contribution in [3.63, 3.8) is 0 Å². The average molecular weight is 418 g/mol. The smallest absolute Gasteiger partial charge is 0.253 e. The van der Waals surface area contributed by atoms with Gasteiger partial charge in [-0.05, 0) is 44.5 Å². The summed E-state index contributed by atoms with van der Waals surface area (Å²) in [5, 5.41) is 5.56. The molecule has 0 aromatic heterocycles. The molecule has 0 fully saturated rings. The van der Waals surface area contributed by atoms with Crippen LogP contribution in [0.4, 0.5) is 11.4 Å². The minimum atomic E-state index is -3.71. The van der Waals surface area contributed by atoms with Gasteiger partial charge in [0.2, 0.25) is 15.9 Å². The number of carbonyl (C=O) groups is 2. The second kappa shape index (κ2) is 9.56. The molecule has 0 heterocycles. The third-order valence-corrected chi connectivity index (χ3v) is 5.76. The van der Waals surface area contributed by atoms with Gasteiger partial charge in [-0.2, -0.15) is 0 Å². The highest BCUT2D eigenvalue weighted by Gasteiger charge is 2.29. The second-order valence-corrected chi connectivity index (χ2v) is 8.75. The highest BCUT2D eigenvalue weighted by atomic mass is 32.2. The normalized spacial score (nSPS) is 13.2. The first-order valence-corrected chi connectivity index (χ1v) is 11.2. The van der Waals surface area contributed by atoms with Crippen LogP contribution in [0, 0.1) is 0 Å². The third-order valence-electron chi connectivity index (χ3n) is 4.52. The lowest BCUT2D eigenvalue weighted by atomic mass is 10.1. The number of para-hydroxylation sites is 2. The van der Waals surface area contributed by atoms with Crippen LogP contribution in [0.3, 0.4) is 0 Å². The Kier molecular flexibility index (Phi) is 7.39. The standard InChI is InChI=1S/C21H27N3O4S/c1-5-15(2)22-21(26)18-13-9-10-14-19(18)23-20(25)16(3)24(29(4,27)28)17-11-7-6-8-12-17/h6-16H,5H2,1-4H3,(H,22,26)(H,23,25)/t15-,16-/m0/s1. The van der Waals surface area contributed by atoms with E-state index in [0.717, 1.165) is 17.0 Å². The molecule has 0 radical (unpaired) electrons. The van der Waals surface area contributed by atoms with Crippen LogP contribution in [0.2, 0.25) is 0 Å². The maximum absolute atomic E-state index is 12.9. The van der Waals surface area contributed by atoms with Crippen molar-refractivity contribution in [3.05, 3.63) is 60.2 Å². The fourth-order valence-corrected chi connectivity index (χ4v) is 3.99. The molecule has 0 aliphatic rings. The molecule has 29 heavy (non-hydrogen) atoms. The number of benzene rings is 2. The minimum absolute atomic E-state index is 0.0102. The third kappa shape index (κ3) is 5.80. The van der Waals surface area contributed by atoms with Crippen LogP contribution in [0.25, 0.3) is 0 Å².